The van der Waals surface area contributed by atoms with Gasteiger partial charge >= 0.3 is 12.1 Å². The summed E-state index contributed by atoms with van der Waals surface area (Å²) in [5.74, 6) is -7.32. The average Bonchev–Trinajstić information content (AvgIpc) is 2.80. The molecule has 7 nitrogen and oxygen atoms in total. The van der Waals surface area contributed by atoms with Gasteiger partial charge in [0.2, 0.25) is 0 Å². The number of nitrogens with one attached hydrogen (secondary N) is 1. The van der Waals surface area contributed by atoms with E-state index in [0.29, 0.717) is 6.42 Å². The number of ether oxygens (including phenoxy) is 1. The summed E-state index contributed by atoms with van der Waals surface area (Å²) in [7, 11) is -4.23. The molecule has 0 aliphatic heterocycles. The molecule has 0 heterocycles. The summed E-state index contributed by atoms with van der Waals surface area (Å²) in [6.45, 7) is 4.67. The maximum Gasteiger partial charge on any atom is 0.451 e. The molecule has 0 saturated carbocycles. The molecule has 1 atom stereocenters. The van der Waals surface area contributed by atoms with Gasteiger partial charge in [-0.15, -0.1) is 0 Å². The van der Waals surface area contributed by atoms with Crippen LogP contribution in [0.15, 0.2) is 59.5 Å². The first-order chi connectivity index (χ1) is 16.8. The zero-order valence-corrected chi connectivity index (χ0v) is 20.4. The second-order valence-electron chi connectivity index (χ2n) is 8.29. The van der Waals surface area contributed by atoms with E-state index in [0.717, 1.165) is 11.6 Å². The number of aryl methyl sites for hydroxylation is 1. The second kappa shape index (κ2) is 10.2. The van der Waals surface area contributed by atoms with E-state index < -0.39 is 51.3 Å². The molecule has 192 valence electrons. The van der Waals surface area contributed by atoms with Gasteiger partial charge in [0.15, 0.2) is 5.92 Å². The van der Waals surface area contributed by atoms with Crippen molar-refractivity contribution in [1.82, 2.24) is 0 Å². The highest BCUT2D eigenvalue weighted by atomic mass is 32.2. The van der Waals surface area contributed by atoms with Crippen LogP contribution in [0.25, 0.3) is 10.8 Å². The van der Waals surface area contributed by atoms with Gasteiger partial charge in [0.05, 0.1) is 16.7 Å². The Labute approximate surface area is 205 Å². The molecule has 0 bridgehead atoms. The number of phenols is 1. The Morgan fingerprint density at radius 2 is 1.61 bits per heavy atom. The minimum atomic E-state index is -5.43. The van der Waals surface area contributed by atoms with Crippen LogP contribution in [0.3, 0.4) is 0 Å². The van der Waals surface area contributed by atoms with Crippen molar-refractivity contribution in [2.45, 2.75) is 50.3 Å². The molecule has 11 heteroatoms. The summed E-state index contributed by atoms with van der Waals surface area (Å²) in [4.78, 5) is 24.8. The SMILES string of the molecule is CCc1ccc(S(=O)(=O)Nc2cc([C@@H](C(=O)OC(C)C)C(=O)C(F)(F)F)c(O)c3ccccc23)cc1. The van der Waals surface area contributed by atoms with E-state index in [4.69, 9.17) is 4.74 Å². The molecule has 3 aromatic carbocycles. The van der Waals surface area contributed by atoms with Gasteiger partial charge in [-0.3, -0.25) is 14.3 Å². The number of carbonyl (C=O) groups is 2. The molecule has 3 aromatic rings. The number of ketones is 1. The maximum atomic E-state index is 13.4. The van der Waals surface area contributed by atoms with Gasteiger partial charge in [0, 0.05) is 16.3 Å². The largest absolute Gasteiger partial charge is 0.507 e. The topological polar surface area (TPSA) is 110 Å². The predicted octanol–water partition coefficient (Wildman–Crippen LogP) is 5.08. The van der Waals surface area contributed by atoms with E-state index in [-0.39, 0.29) is 21.4 Å². The van der Waals surface area contributed by atoms with Crippen molar-refractivity contribution in [3.05, 3.63) is 65.7 Å². The Morgan fingerprint density at radius 3 is 2.14 bits per heavy atom. The van der Waals surface area contributed by atoms with E-state index in [1.807, 2.05) is 6.92 Å². The summed E-state index contributed by atoms with van der Waals surface area (Å²) in [5, 5.41) is 10.9. The lowest BCUT2D eigenvalue weighted by Crippen LogP contribution is -2.35. The van der Waals surface area contributed by atoms with Crippen LogP contribution in [0, 0.1) is 0 Å². The molecule has 0 aliphatic rings. The Hall–Kier alpha value is -3.60. The zero-order chi connectivity index (χ0) is 26.8. The van der Waals surface area contributed by atoms with E-state index in [2.05, 4.69) is 4.72 Å². The highest BCUT2D eigenvalue weighted by Gasteiger charge is 2.49. The number of phenolic OH excluding ortho intramolecular Hbond substituents is 1. The van der Waals surface area contributed by atoms with Crippen molar-refractivity contribution in [1.29, 1.82) is 0 Å². The van der Waals surface area contributed by atoms with Crippen LogP contribution in [0.5, 0.6) is 5.75 Å². The average molecular weight is 524 g/mol. The fourth-order valence-corrected chi connectivity index (χ4v) is 4.70. The molecular weight excluding hydrogens is 499 g/mol. The first-order valence-corrected chi connectivity index (χ1v) is 12.4. The fraction of sp³-hybridized carbons (Fsp3) is 0.280. The van der Waals surface area contributed by atoms with Crippen LogP contribution in [0.1, 0.15) is 37.8 Å². The lowest BCUT2D eigenvalue weighted by Gasteiger charge is -2.21. The summed E-state index contributed by atoms with van der Waals surface area (Å²) in [6.07, 6.45) is -5.60. The normalized spacial score (nSPS) is 13.0. The van der Waals surface area contributed by atoms with Crippen LogP contribution in [-0.4, -0.2) is 37.6 Å². The lowest BCUT2D eigenvalue weighted by molar-refractivity contribution is -0.178. The van der Waals surface area contributed by atoms with Gasteiger partial charge in [-0.25, -0.2) is 8.42 Å². The van der Waals surface area contributed by atoms with Gasteiger partial charge in [-0.1, -0.05) is 43.3 Å². The molecule has 0 aliphatic carbocycles. The molecule has 36 heavy (non-hydrogen) atoms. The Bertz CT molecular complexity index is 1400. The summed E-state index contributed by atoms with van der Waals surface area (Å²) < 4.78 is 73.6. The van der Waals surface area contributed by atoms with Crippen LogP contribution in [-0.2, 0) is 30.8 Å². The molecule has 0 unspecified atom stereocenters. The lowest BCUT2D eigenvalue weighted by atomic mass is 9.90. The number of hydrogen-bond acceptors (Lipinski definition) is 6. The first-order valence-electron chi connectivity index (χ1n) is 10.9. The number of carbonyl (C=O) groups excluding carboxylic acids is 2. The molecule has 0 aromatic heterocycles. The molecule has 3 rings (SSSR count). The molecule has 0 saturated heterocycles. The van der Waals surface area contributed by atoms with Gasteiger partial charge in [-0.2, -0.15) is 13.2 Å². The number of aromatic hydroxyl groups is 1. The number of Topliss-reactive ketones (excluding diaryl/α,β-unsaturated/α-hetero) is 1. The third kappa shape index (κ3) is 5.62. The smallest absolute Gasteiger partial charge is 0.451 e. The van der Waals surface area contributed by atoms with Crippen LogP contribution >= 0.6 is 0 Å². The summed E-state index contributed by atoms with van der Waals surface area (Å²) in [5.41, 5.74) is -0.0699. The van der Waals surface area contributed by atoms with Crippen molar-refractivity contribution in [3.63, 3.8) is 0 Å². The molecule has 0 spiro atoms. The Kier molecular flexibility index (Phi) is 7.63. The fourth-order valence-electron chi connectivity index (χ4n) is 3.63. The van der Waals surface area contributed by atoms with Crippen molar-refractivity contribution in [2.75, 3.05) is 4.72 Å². The number of fused-ring (bicyclic) bond motifs is 1. The van der Waals surface area contributed by atoms with Gasteiger partial charge in [0.1, 0.15) is 5.75 Å². The third-order valence-electron chi connectivity index (χ3n) is 5.37. The minimum Gasteiger partial charge on any atom is -0.507 e. The number of rotatable bonds is 8. The number of benzene rings is 3. The van der Waals surface area contributed by atoms with E-state index in [1.54, 1.807) is 12.1 Å². The van der Waals surface area contributed by atoms with Gasteiger partial charge < -0.3 is 9.84 Å². The Morgan fingerprint density at radius 1 is 1.03 bits per heavy atom. The molecule has 2 N–H and O–H groups in total. The second-order valence-corrected chi connectivity index (χ2v) is 9.97. The van der Waals surface area contributed by atoms with Crippen molar-refractivity contribution >= 4 is 38.2 Å². The standard InChI is InChI=1S/C25H24F3NO6S/c1-4-15-9-11-16(12-10-15)36(33,34)29-20-13-19(22(30)18-8-6-5-7-17(18)20)21(23(31)25(26,27)28)24(32)35-14(2)3/h5-14,21,29-30H,4H2,1-3H3/t21-/m1/s1. The Balaban J connectivity index is 2.22. The van der Waals surface area contributed by atoms with E-state index in [1.165, 1.54) is 50.2 Å². The number of halogens is 3. The van der Waals surface area contributed by atoms with Crippen molar-refractivity contribution in [2.24, 2.45) is 0 Å². The minimum absolute atomic E-state index is 0.0636. The number of alkyl halides is 3. The van der Waals surface area contributed by atoms with Crippen LogP contribution < -0.4 is 4.72 Å². The van der Waals surface area contributed by atoms with E-state index in [9.17, 15) is 36.3 Å². The highest BCUT2D eigenvalue weighted by Crippen LogP contribution is 2.41. The predicted molar refractivity (Wildman–Crippen MR) is 127 cm³/mol. The van der Waals surface area contributed by atoms with Crippen molar-refractivity contribution in [3.8, 4) is 5.75 Å². The number of anilines is 1. The van der Waals surface area contributed by atoms with E-state index >= 15 is 0 Å². The highest BCUT2D eigenvalue weighted by molar-refractivity contribution is 7.92. The van der Waals surface area contributed by atoms with Gasteiger partial charge in [0.25, 0.3) is 15.8 Å². The first kappa shape index (κ1) is 27.0. The summed E-state index contributed by atoms with van der Waals surface area (Å²) >= 11 is 0. The maximum absolute atomic E-state index is 13.4. The molecule has 0 radical (unpaired) electrons. The molecule has 0 fully saturated rings. The number of hydrogen-bond donors (Lipinski definition) is 2. The van der Waals surface area contributed by atoms with Crippen LogP contribution in [0.2, 0.25) is 0 Å². The van der Waals surface area contributed by atoms with Gasteiger partial charge in [-0.05, 0) is 44.0 Å². The number of sulfonamides is 1. The van der Waals surface area contributed by atoms with Crippen molar-refractivity contribution < 1.29 is 41.0 Å². The molecular formula is C25H24F3NO6S. The van der Waals surface area contributed by atoms with Crippen LogP contribution in [0.4, 0.5) is 18.9 Å². The third-order valence-corrected chi connectivity index (χ3v) is 6.75. The number of esters is 1. The monoisotopic (exact) mass is 523 g/mol. The molecule has 0 amide bonds. The zero-order valence-electron chi connectivity index (χ0n) is 19.6. The quantitative estimate of drug-likeness (QED) is 0.242. The summed E-state index contributed by atoms with van der Waals surface area (Å²) in [6, 6.07) is 12.6.